The fourth-order valence-electron chi connectivity index (χ4n) is 3.13. The maximum absolute atomic E-state index is 12.3. The maximum atomic E-state index is 12.3. The summed E-state index contributed by atoms with van der Waals surface area (Å²) < 4.78 is 23.3. The van der Waals surface area contributed by atoms with Crippen LogP contribution in [0.3, 0.4) is 0 Å². The Morgan fingerprint density at radius 2 is 1.81 bits per heavy atom. The van der Waals surface area contributed by atoms with E-state index < -0.39 is 9.84 Å². The highest BCUT2D eigenvalue weighted by molar-refractivity contribution is 7.91. The lowest BCUT2D eigenvalue weighted by Crippen LogP contribution is -2.44. The molecule has 144 valence electrons. The Kier molecular flexibility index (Phi) is 6.11. The van der Waals surface area contributed by atoms with Crippen LogP contribution in [0.1, 0.15) is 50.0 Å². The standard InChI is InChI=1S/C19H28N2O4S/c1-14(22)21(17-9-12-26(24,25)13-17)11-10-20-18(23)15-5-7-16(8-6-15)19(2,3)4/h5-8,17H,9-13H2,1-4H3,(H,20,23). The van der Waals surface area contributed by atoms with E-state index in [2.05, 4.69) is 26.1 Å². The Hall–Kier alpha value is -1.89. The Bertz CT molecular complexity index is 764. The van der Waals surface area contributed by atoms with Gasteiger partial charge in [-0.3, -0.25) is 9.59 Å². The zero-order valence-corrected chi connectivity index (χ0v) is 16.7. The molecule has 1 aromatic carbocycles. The summed E-state index contributed by atoms with van der Waals surface area (Å²) in [6.07, 6.45) is 0.462. The van der Waals surface area contributed by atoms with E-state index in [0.29, 0.717) is 18.5 Å². The van der Waals surface area contributed by atoms with Crippen LogP contribution in [-0.4, -0.2) is 55.8 Å². The van der Waals surface area contributed by atoms with Gasteiger partial charge in [0.1, 0.15) is 0 Å². The molecule has 26 heavy (non-hydrogen) atoms. The first-order valence-electron chi connectivity index (χ1n) is 8.86. The lowest BCUT2D eigenvalue weighted by atomic mass is 9.87. The van der Waals surface area contributed by atoms with Crippen LogP contribution in [0.15, 0.2) is 24.3 Å². The lowest BCUT2D eigenvalue weighted by Gasteiger charge is -2.27. The van der Waals surface area contributed by atoms with Crippen molar-refractivity contribution in [3.8, 4) is 0 Å². The molecule has 0 spiro atoms. The smallest absolute Gasteiger partial charge is 0.251 e. The molecule has 1 atom stereocenters. The van der Waals surface area contributed by atoms with Gasteiger partial charge in [0.2, 0.25) is 5.91 Å². The van der Waals surface area contributed by atoms with Gasteiger partial charge in [-0.15, -0.1) is 0 Å². The minimum Gasteiger partial charge on any atom is -0.350 e. The van der Waals surface area contributed by atoms with Gasteiger partial charge in [0.15, 0.2) is 9.84 Å². The molecule has 2 rings (SSSR count). The summed E-state index contributed by atoms with van der Waals surface area (Å²) in [5, 5.41) is 2.80. The number of sulfone groups is 1. The summed E-state index contributed by atoms with van der Waals surface area (Å²) in [6.45, 7) is 8.36. The molecule has 1 aliphatic heterocycles. The molecule has 1 aliphatic rings. The van der Waals surface area contributed by atoms with Crippen molar-refractivity contribution in [3.05, 3.63) is 35.4 Å². The van der Waals surface area contributed by atoms with Gasteiger partial charge in [-0.05, 0) is 29.5 Å². The van der Waals surface area contributed by atoms with Crippen molar-refractivity contribution in [3.63, 3.8) is 0 Å². The molecule has 1 N–H and O–H groups in total. The summed E-state index contributed by atoms with van der Waals surface area (Å²) in [4.78, 5) is 25.7. The normalized spacial score (nSPS) is 19.2. The number of nitrogens with zero attached hydrogens (tertiary/aromatic N) is 1. The Morgan fingerprint density at radius 1 is 1.19 bits per heavy atom. The molecule has 0 aliphatic carbocycles. The predicted molar refractivity (Wildman–Crippen MR) is 102 cm³/mol. The highest BCUT2D eigenvalue weighted by atomic mass is 32.2. The van der Waals surface area contributed by atoms with Crippen molar-refractivity contribution in [2.24, 2.45) is 0 Å². The van der Waals surface area contributed by atoms with E-state index in [1.165, 1.54) is 6.92 Å². The van der Waals surface area contributed by atoms with Crippen molar-refractivity contribution in [1.29, 1.82) is 0 Å². The quantitative estimate of drug-likeness (QED) is 0.843. The van der Waals surface area contributed by atoms with E-state index >= 15 is 0 Å². The number of carbonyl (C=O) groups is 2. The lowest BCUT2D eigenvalue weighted by molar-refractivity contribution is -0.130. The first-order valence-corrected chi connectivity index (χ1v) is 10.7. The van der Waals surface area contributed by atoms with Crippen LogP contribution in [0.5, 0.6) is 0 Å². The Balaban J connectivity index is 1.91. The topological polar surface area (TPSA) is 83.6 Å². The average Bonchev–Trinajstić information content (AvgIpc) is 2.90. The van der Waals surface area contributed by atoms with Gasteiger partial charge in [0, 0.05) is 31.6 Å². The highest BCUT2D eigenvalue weighted by Crippen LogP contribution is 2.22. The minimum absolute atomic E-state index is 0.00872. The number of carbonyl (C=O) groups excluding carboxylic acids is 2. The molecular formula is C19H28N2O4S. The second kappa shape index (κ2) is 7.78. The third-order valence-corrected chi connectivity index (χ3v) is 6.46. The number of hydrogen-bond donors (Lipinski definition) is 1. The second-order valence-electron chi connectivity index (χ2n) is 7.85. The van der Waals surface area contributed by atoms with Gasteiger partial charge in [0.25, 0.3) is 5.91 Å². The molecule has 1 fully saturated rings. The highest BCUT2D eigenvalue weighted by Gasteiger charge is 2.33. The maximum Gasteiger partial charge on any atom is 0.251 e. The van der Waals surface area contributed by atoms with E-state index in [1.807, 2.05) is 12.1 Å². The van der Waals surface area contributed by atoms with Gasteiger partial charge in [-0.2, -0.15) is 0 Å². The monoisotopic (exact) mass is 380 g/mol. The zero-order valence-electron chi connectivity index (χ0n) is 15.9. The number of amides is 2. The van der Waals surface area contributed by atoms with E-state index in [0.717, 1.165) is 5.56 Å². The van der Waals surface area contributed by atoms with Crippen LogP contribution >= 0.6 is 0 Å². The van der Waals surface area contributed by atoms with Crippen LogP contribution in [-0.2, 0) is 20.0 Å². The molecule has 0 bridgehead atoms. The SMILES string of the molecule is CC(=O)N(CCNC(=O)c1ccc(C(C)(C)C)cc1)C1CCS(=O)(=O)C1. The van der Waals surface area contributed by atoms with Crippen LogP contribution in [0, 0.1) is 0 Å². The average molecular weight is 381 g/mol. The predicted octanol–water partition coefficient (Wildman–Crippen LogP) is 1.75. The zero-order chi connectivity index (χ0) is 19.5. The summed E-state index contributed by atoms with van der Waals surface area (Å²) >= 11 is 0. The number of benzene rings is 1. The summed E-state index contributed by atoms with van der Waals surface area (Å²) in [5.74, 6) is -0.244. The molecule has 1 saturated heterocycles. The van der Waals surface area contributed by atoms with Gasteiger partial charge in [-0.25, -0.2) is 8.42 Å². The van der Waals surface area contributed by atoms with Crippen LogP contribution < -0.4 is 5.32 Å². The third-order valence-electron chi connectivity index (χ3n) is 4.71. The molecule has 1 aromatic rings. The van der Waals surface area contributed by atoms with Crippen LogP contribution in [0.25, 0.3) is 0 Å². The van der Waals surface area contributed by atoms with Gasteiger partial charge in [-0.1, -0.05) is 32.9 Å². The molecular weight excluding hydrogens is 352 g/mol. The molecule has 2 amide bonds. The van der Waals surface area contributed by atoms with E-state index in [-0.39, 0.29) is 41.3 Å². The van der Waals surface area contributed by atoms with Crippen molar-refractivity contribution in [1.82, 2.24) is 10.2 Å². The fourth-order valence-corrected chi connectivity index (χ4v) is 4.86. The van der Waals surface area contributed by atoms with Crippen molar-refractivity contribution in [2.45, 2.75) is 45.6 Å². The molecule has 0 aromatic heterocycles. The minimum atomic E-state index is -3.06. The Morgan fingerprint density at radius 3 is 2.27 bits per heavy atom. The number of hydrogen-bond acceptors (Lipinski definition) is 4. The first-order chi connectivity index (χ1) is 12.0. The molecule has 0 saturated carbocycles. The number of rotatable bonds is 5. The summed E-state index contributed by atoms with van der Waals surface area (Å²) in [7, 11) is -3.06. The van der Waals surface area contributed by atoms with E-state index in [9.17, 15) is 18.0 Å². The summed E-state index contributed by atoms with van der Waals surface area (Å²) in [5.41, 5.74) is 1.74. The second-order valence-corrected chi connectivity index (χ2v) is 10.1. The van der Waals surface area contributed by atoms with Gasteiger partial charge in [0.05, 0.1) is 11.5 Å². The van der Waals surface area contributed by atoms with E-state index in [1.54, 1.807) is 17.0 Å². The van der Waals surface area contributed by atoms with E-state index in [4.69, 9.17) is 0 Å². The van der Waals surface area contributed by atoms with Crippen molar-refractivity contribution < 1.29 is 18.0 Å². The largest absolute Gasteiger partial charge is 0.350 e. The van der Waals surface area contributed by atoms with Crippen molar-refractivity contribution >= 4 is 21.7 Å². The third kappa shape index (κ3) is 5.30. The van der Waals surface area contributed by atoms with Crippen molar-refractivity contribution in [2.75, 3.05) is 24.6 Å². The molecule has 6 nitrogen and oxygen atoms in total. The molecule has 1 heterocycles. The molecule has 1 unspecified atom stereocenters. The number of nitrogens with one attached hydrogen (secondary N) is 1. The molecule has 7 heteroatoms. The Labute approximate surface area is 155 Å². The van der Waals surface area contributed by atoms with Gasteiger partial charge >= 0.3 is 0 Å². The fraction of sp³-hybridized carbons (Fsp3) is 0.579. The van der Waals surface area contributed by atoms with Crippen LogP contribution in [0.4, 0.5) is 0 Å². The first kappa shape index (κ1) is 20.4. The summed E-state index contributed by atoms with van der Waals surface area (Å²) in [6, 6.07) is 7.19. The van der Waals surface area contributed by atoms with Crippen LogP contribution in [0.2, 0.25) is 0 Å². The molecule has 0 radical (unpaired) electrons. The van der Waals surface area contributed by atoms with Gasteiger partial charge < -0.3 is 10.2 Å².